The van der Waals surface area contributed by atoms with Crippen LogP contribution in [0.1, 0.15) is 30.9 Å². The quantitative estimate of drug-likeness (QED) is 0.498. The van der Waals surface area contributed by atoms with Gasteiger partial charge in [0.05, 0.1) is 16.1 Å². The van der Waals surface area contributed by atoms with Crippen LogP contribution in [0.4, 0.5) is 0 Å². The van der Waals surface area contributed by atoms with E-state index in [4.69, 9.17) is 0 Å². The third kappa shape index (κ3) is 4.83. The largest absolute Gasteiger partial charge is 0.0784 e. The lowest BCUT2D eigenvalue weighted by atomic mass is 9.96. The summed E-state index contributed by atoms with van der Waals surface area (Å²) >= 11 is 0. The standard InChI is InChI=1S/C23H34Si2/c1-8-14-22(25(5,6)7)23(19-15-10-9-11-16-19)20-17-12-13-18-21(20)24(2,3)4/h9-13,15-18H,8,14H2,1-7H3/b23-22-. The average Bonchev–Trinajstić information content (AvgIpc) is 2.54. The lowest BCUT2D eigenvalue weighted by Gasteiger charge is -2.29. The van der Waals surface area contributed by atoms with Crippen LogP contribution in [-0.4, -0.2) is 16.1 Å². The lowest BCUT2D eigenvalue weighted by molar-refractivity contribution is 0.937. The van der Waals surface area contributed by atoms with Crippen molar-refractivity contribution < 1.29 is 0 Å². The average molecular weight is 367 g/mol. The van der Waals surface area contributed by atoms with Gasteiger partial charge >= 0.3 is 0 Å². The van der Waals surface area contributed by atoms with E-state index in [-0.39, 0.29) is 0 Å². The van der Waals surface area contributed by atoms with Crippen molar-refractivity contribution in [1.82, 2.24) is 0 Å². The number of hydrogen-bond acceptors (Lipinski definition) is 0. The predicted molar refractivity (Wildman–Crippen MR) is 120 cm³/mol. The number of rotatable bonds is 6. The van der Waals surface area contributed by atoms with Crippen molar-refractivity contribution in [3.63, 3.8) is 0 Å². The molecule has 134 valence electrons. The van der Waals surface area contributed by atoms with Crippen LogP contribution in [0.2, 0.25) is 39.3 Å². The molecule has 0 aliphatic rings. The van der Waals surface area contributed by atoms with Crippen molar-refractivity contribution in [3.05, 3.63) is 70.9 Å². The summed E-state index contributed by atoms with van der Waals surface area (Å²) in [5, 5.41) is 3.30. The van der Waals surface area contributed by atoms with Gasteiger partial charge in [0, 0.05) is 0 Å². The minimum atomic E-state index is -1.42. The Balaban J connectivity index is 2.88. The molecule has 0 atom stereocenters. The molecule has 0 saturated carbocycles. The van der Waals surface area contributed by atoms with Crippen LogP contribution in [0, 0.1) is 0 Å². The maximum absolute atomic E-state index is 2.50. The molecule has 0 aromatic heterocycles. The van der Waals surface area contributed by atoms with E-state index in [0.29, 0.717) is 0 Å². The first-order chi connectivity index (χ1) is 11.7. The second-order valence-electron chi connectivity index (χ2n) is 9.02. The highest BCUT2D eigenvalue weighted by Gasteiger charge is 2.28. The van der Waals surface area contributed by atoms with Crippen molar-refractivity contribution in [1.29, 1.82) is 0 Å². The molecule has 0 spiro atoms. The summed E-state index contributed by atoms with van der Waals surface area (Å²) in [6.45, 7) is 17.2. The normalized spacial score (nSPS) is 13.6. The predicted octanol–water partition coefficient (Wildman–Crippen LogP) is 6.71. The Bertz CT molecular complexity index is 729. The van der Waals surface area contributed by atoms with E-state index in [1.807, 2.05) is 0 Å². The molecule has 25 heavy (non-hydrogen) atoms. The van der Waals surface area contributed by atoms with E-state index in [9.17, 15) is 0 Å². The van der Waals surface area contributed by atoms with E-state index in [1.165, 1.54) is 29.5 Å². The van der Waals surface area contributed by atoms with E-state index < -0.39 is 16.1 Å². The first kappa shape index (κ1) is 19.9. The van der Waals surface area contributed by atoms with E-state index in [2.05, 4.69) is 101 Å². The number of allylic oxidation sites excluding steroid dienone is 1. The third-order valence-electron chi connectivity index (χ3n) is 4.77. The summed E-state index contributed by atoms with van der Waals surface area (Å²) in [5.41, 5.74) is 4.40. The van der Waals surface area contributed by atoms with Gasteiger partial charge in [-0.1, -0.05) is 118 Å². The zero-order chi connectivity index (χ0) is 18.7. The molecule has 0 radical (unpaired) electrons. The molecule has 2 rings (SSSR count). The Hall–Kier alpha value is -1.39. The zero-order valence-corrected chi connectivity index (χ0v) is 19.1. The van der Waals surface area contributed by atoms with Crippen LogP contribution < -0.4 is 5.19 Å². The fourth-order valence-electron chi connectivity index (χ4n) is 3.58. The molecule has 0 unspecified atom stereocenters. The molecule has 0 saturated heterocycles. The Morgan fingerprint density at radius 3 is 1.84 bits per heavy atom. The topological polar surface area (TPSA) is 0 Å². The molecule has 0 aliphatic carbocycles. The van der Waals surface area contributed by atoms with Gasteiger partial charge in [-0.2, -0.15) is 0 Å². The van der Waals surface area contributed by atoms with Gasteiger partial charge in [0.25, 0.3) is 0 Å². The molecular weight excluding hydrogens is 332 g/mol. The monoisotopic (exact) mass is 366 g/mol. The van der Waals surface area contributed by atoms with Crippen LogP contribution in [0.5, 0.6) is 0 Å². The molecule has 0 fully saturated rings. The molecule has 2 aromatic carbocycles. The smallest absolute Gasteiger partial charge is 0.0728 e. The van der Waals surface area contributed by atoms with Gasteiger partial charge in [0.15, 0.2) is 0 Å². The highest BCUT2D eigenvalue weighted by atomic mass is 28.3. The SMILES string of the molecule is CCC/C(=C(\c1ccccc1)c1ccccc1[Si](C)(C)C)[Si](C)(C)C. The van der Waals surface area contributed by atoms with Crippen LogP contribution in [0.3, 0.4) is 0 Å². The summed E-state index contributed by atoms with van der Waals surface area (Å²) in [4.78, 5) is 0. The van der Waals surface area contributed by atoms with E-state index in [1.54, 1.807) is 10.4 Å². The van der Waals surface area contributed by atoms with Gasteiger partial charge in [0.1, 0.15) is 0 Å². The summed E-state index contributed by atoms with van der Waals surface area (Å²) < 4.78 is 0. The van der Waals surface area contributed by atoms with Crippen molar-refractivity contribution in [3.8, 4) is 0 Å². The molecule has 0 aliphatic heterocycles. The fraction of sp³-hybridized carbons (Fsp3) is 0.391. The second kappa shape index (κ2) is 7.88. The van der Waals surface area contributed by atoms with Gasteiger partial charge in [-0.05, 0) is 23.1 Å². The van der Waals surface area contributed by atoms with Crippen molar-refractivity contribution in [2.45, 2.75) is 59.0 Å². The molecule has 0 nitrogen and oxygen atoms in total. The Kier molecular flexibility index (Phi) is 6.28. The maximum atomic E-state index is 2.50. The van der Waals surface area contributed by atoms with Crippen molar-refractivity contribution in [2.24, 2.45) is 0 Å². The minimum Gasteiger partial charge on any atom is -0.0728 e. The van der Waals surface area contributed by atoms with Gasteiger partial charge in [-0.3, -0.25) is 0 Å². The molecule has 2 heteroatoms. The van der Waals surface area contributed by atoms with Gasteiger partial charge in [-0.25, -0.2) is 0 Å². The molecule has 0 heterocycles. The van der Waals surface area contributed by atoms with Crippen molar-refractivity contribution in [2.75, 3.05) is 0 Å². The Labute approximate surface area is 157 Å². The fourth-order valence-corrected chi connectivity index (χ4v) is 7.22. The summed E-state index contributed by atoms with van der Waals surface area (Å²) in [6.07, 6.45) is 2.42. The third-order valence-corrected chi connectivity index (χ3v) is 9.14. The Morgan fingerprint density at radius 2 is 1.32 bits per heavy atom. The molecule has 0 amide bonds. The van der Waals surface area contributed by atoms with Crippen LogP contribution in [0.25, 0.3) is 5.57 Å². The van der Waals surface area contributed by atoms with E-state index >= 15 is 0 Å². The van der Waals surface area contributed by atoms with Crippen molar-refractivity contribution >= 4 is 26.9 Å². The second-order valence-corrected chi connectivity index (χ2v) is 19.2. The number of hydrogen-bond donors (Lipinski definition) is 0. The highest BCUT2D eigenvalue weighted by Crippen LogP contribution is 2.34. The summed E-state index contributed by atoms with van der Waals surface area (Å²) in [6, 6.07) is 20.3. The van der Waals surface area contributed by atoms with E-state index in [0.717, 1.165) is 0 Å². The molecule has 2 aromatic rings. The Morgan fingerprint density at radius 1 is 0.760 bits per heavy atom. The van der Waals surface area contributed by atoms with Gasteiger partial charge in [-0.15, -0.1) is 0 Å². The van der Waals surface area contributed by atoms with Crippen LogP contribution in [-0.2, 0) is 0 Å². The lowest BCUT2D eigenvalue weighted by Crippen LogP contribution is -2.40. The van der Waals surface area contributed by atoms with Gasteiger partial charge < -0.3 is 0 Å². The first-order valence-corrected chi connectivity index (χ1v) is 16.5. The van der Waals surface area contributed by atoms with Crippen LogP contribution in [0.15, 0.2) is 59.8 Å². The number of benzene rings is 2. The highest BCUT2D eigenvalue weighted by molar-refractivity contribution is 6.89. The summed E-state index contributed by atoms with van der Waals surface area (Å²) in [5.74, 6) is 0. The molecule has 0 N–H and O–H groups in total. The van der Waals surface area contributed by atoms with Crippen LogP contribution >= 0.6 is 0 Å². The minimum absolute atomic E-state index is 1.21. The maximum Gasteiger partial charge on any atom is 0.0784 e. The zero-order valence-electron chi connectivity index (χ0n) is 17.1. The first-order valence-electron chi connectivity index (χ1n) is 9.55. The summed E-state index contributed by atoms with van der Waals surface area (Å²) in [7, 11) is -2.84. The molecule has 0 bridgehead atoms. The van der Waals surface area contributed by atoms with Gasteiger partial charge in [0.2, 0.25) is 0 Å². The molecular formula is C23H34Si2.